The number of carbonyl (C=O) groups is 1. The third-order valence-electron chi connectivity index (χ3n) is 2.90. The normalized spacial score (nSPS) is 15.7. The Morgan fingerprint density at radius 1 is 1.53 bits per heavy atom. The highest BCUT2D eigenvalue weighted by Gasteiger charge is 2.18. The third kappa shape index (κ3) is 3.89. The Morgan fingerprint density at radius 3 is 2.89 bits per heavy atom. The fraction of sp³-hybridized carbons (Fsp3) is 0.667. The van der Waals surface area contributed by atoms with Crippen LogP contribution >= 0.6 is 11.3 Å². The van der Waals surface area contributed by atoms with Gasteiger partial charge in [-0.15, -0.1) is 11.3 Å². The van der Waals surface area contributed by atoms with E-state index in [9.17, 15) is 4.79 Å². The van der Waals surface area contributed by atoms with Gasteiger partial charge < -0.3 is 19.5 Å². The number of anilines is 1. The molecule has 1 aromatic rings. The molecule has 0 radical (unpaired) electrons. The highest BCUT2D eigenvalue weighted by molar-refractivity contribution is 7.15. The number of ether oxygens (including phenoxy) is 2. The minimum atomic E-state index is -0.787. The van der Waals surface area contributed by atoms with Gasteiger partial charge in [0, 0.05) is 25.1 Å². The summed E-state index contributed by atoms with van der Waals surface area (Å²) >= 11 is 1.56. The van der Waals surface area contributed by atoms with Crippen molar-refractivity contribution in [2.45, 2.75) is 19.4 Å². The van der Waals surface area contributed by atoms with Crippen molar-refractivity contribution in [3.8, 4) is 0 Å². The van der Waals surface area contributed by atoms with E-state index in [-0.39, 0.29) is 6.42 Å². The number of methoxy groups -OCH3 is 1. The van der Waals surface area contributed by atoms with Crippen LogP contribution in [-0.2, 0) is 27.3 Å². The second-order valence-corrected chi connectivity index (χ2v) is 5.35. The monoisotopic (exact) mass is 286 g/mol. The van der Waals surface area contributed by atoms with Crippen LogP contribution in [0.2, 0.25) is 0 Å². The lowest BCUT2D eigenvalue weighted by molar-refractivity contribution is -0.136. The lowest BCUT2D eigenvalue weighted by atomic mass is 10.2. The van der Waals surface area contributed by atoms with Gasteiger partial charge in [-0.2, -0.15) is 0 Å². The lowest BCUT2D eigenvalue weighted by Crippen LogP contribution is -2.36. The minimum Gasteiger partial charge on any atom is -0.481 e. The van der Waals surface area contributed by atoms with E-state index >= 15 is 0 Å². The van der Waals surface area contributed by atoms with E-state index in [2.05, 4.69) is 9.88 Å². The minimum absolute atomic E-state index is 0.126. The van der Waals surface area contributed by atoms with Gasteiger partial charge in [0.25, 0.3) is 0 Å². The van der Waals surface area contributed by atoms with Crippen LogP contribution in [0.5, 0.6) is 0 Å². The van der Waals surface area contributed by atoms with Crippen molar-refractivity contribution in [2.24, 2.45) is 0 Å². The Bertz CT molecular complexity index is 429. The van der Waals surface area contributed by atoms with Crippen molar-refractivity contribution in [3.63, 3.8) is 0 Å². The molecule has 2 rings (SSSR count). The summed E-state index contributed by atoms with van der Waals surface area (Å²) in [6, 6.07) is 0. The van der Waals surface area contributed by atoms with Gasteiger partial charge in [-0.25, -0.2) is 4.98 Å². The maximum Gasteiger partial charge on any atom is 0.303 e. The Balaban J connectivity index is 2.11. The first kappa shape index (κ1) is 14.2. The lowest BCUT2D eigenvalue weighted by Gasteiger charge is -2.26. The van der Waals surface area contributed by atoms with E-state index < -0.39 is 5.97 Å². The number of carboxylic acid groups (broad SMARTS) is 1. The SMILES string of the molecule is COCc1nc(N2CCOCC2)sc1CCC(=O)O. The standard InChI is InChI=1S/C12H18N2O4S/c1-17-8-9-10(2-3-11(15)16)19-12(13-9)14-4-6-18-7-5-14/h2-8H2,1H3,(H,15,16). The van der Waals surface area contributed by atoms with Crippen LogP contribution < -0.4 is 4.90 Å². The van der Waals surface area contributed by atoms with Gasteiger partial charge in [0.15, 0.2) is 5.13 Å². The smallest absolute Gasteiger partial charge is 0.303 e. The second kappa shape index (κ2) is 6.83. The molecule has 6 nitrogen and oxygen atoms in total. The number of thiazole rings is 1. The zero-order valence-corrected chi connectivity index (χ0v) is 11.7. The molecule has 0 atom stereocenters. The zero-order valence-electron chi connectivity index (χ0n) is 10.9. The van der Waals surface area contributed by atoms with Gasteiger partial charge in [-0.1, -0.05) is 0 Å². The molecule has 0 bridgehead atoms. The summed E-state index contributed by atoms with van der Waals surface area (Å²) < 4.78 is 10.4. The molecular weight excluding hydrogens is 268 g/mol. The summed E-state index contributed by atoms with van der Waals surface area (Å²) in [6.45, 7) is 3.51. The number of aryl methyl sites for hydroxylation is 1. The first-order valence-corrected chi connectivity index (χ1v) is 7.04. The molecule has 0 saturated carbocycles. The maximum atomic E-state index is 10.7. The second-order valence-electron chi connectivity index (χ2n) is 4.29. The third-order valence-corrected chi connectivity index (χ3v) is 4.11. The predicted molar refractivity (Wildman–Crippen MR) is 71.8 cm³/mol. The maximum absolute atomic E-state index is 10.7. The van der Waals surface area contributed by atoms with Crippen LogP contribution in [0.1, 0.15) is 17.0 Å². The van der Waals surface area contributed by atoms with Gasteiger partial charge in [0.05, 0.1) is 31.9 Å². The van der Waals surface area contributed by atoms with Gasteiger partial charge >= 0.3 is 5.97 Å². The number of nitrogens with zero attached hydrogens (tertiary/aromatic N) is 2. The molecule has 1 aromatic heterocycles. The molecule has 1 fully saturated rings. The van der Waals surface area contributed by atoms with Crippen molar-refractivity contribution >= 4 is 22.4 Å². The Morgan fingerprint density at radius 2 is 2.26 bits per heavy atom. The van der Waals surface area contributed by atoms with Crippen LogP contribution in [0.15, 0.2) is 0 Å². The van der Waals surface area contributed by atoms with Crippen LogP contribution in [0.3, 0.4) is 0 Å². The zero-order chi connectivity index (χ0) is 13.7. The van der Waals surface area contributed by atoms with E-state index in [1.807, 2.05) is 0 Å². The Hall–Kier alpha value is -1.18. The van der Waals surface area contributed by atoms with E-state index in [0.29, 0.717) is 26.2 Å². The fourth-order valence-electron chi connectivity index (χ4n) is 1.92. The van der Waals surface area contributed by atoms with Gasteiger partial charge in [-0.3, -0.25) is 4.79 Å². The van der Waals surface area contributed by atoms with Crippen LogP contribution in [0, 0.1) is 0 Å². The summed E-state index contributed by atoms with van der Waals surface area (Å²) in [5.74, 6) is -0.787. The molecule has 0 spiro atoms. The molecule has 0 aromatic carbocycles. The first-order valence-electron chi connectivity index (χ1n) is 6.22. The summed E-state index contributed by atoms with van der Waals surface area (Å²) in [5.41, 5.74) is 0.857. The van der Waals surface area contributed by atoms with Crippen molar-refractivity contribution in [2.75, 3.05) is 38.3 Å². The molecule has 0 amide bonds. The highest BCUT2D eigenvalue weighted by atomic mass is 32.1. The van der Waals surface area contributed by atoms with Crippen molar-refractivity contribution < 1.29 is 19.4 Å². The molecular formula is C12H18N2O4S. The predicted octanol–water partition coefficient (Wildman–Crippen LogP) is 1.14. The number of aliphatic carboxylic acids is 1. The number of morpholine rings is 1. The summed E-state index contributed by atoms with van der Waals surface area (Å²) in [4.78, 5) is 18.4. The summed E-state index contributed by atoms with van der Waals surface area (Å²) in [6.07, 6.45) is 0.636. The quantitative estimate of drug-likeness (QED) is 0.845. The van der Waals surface area contributed by atoms with Crippen LogP contribution in [0.4, 0.5) is 5.13 Å². The Kier molecular flexibility index (Phi) is 5.12. The van der Waals surface area contributed by atoms with E-state index in [1.54, 1.807) is 18.4 Å². The number of hydrogen-bond donors (Lipinski definition) is 1. The van der Waals surface area contributed by atoms with E-state index in [0.717, 1.165) is 28.8 Å². The topological polar surface area (TPSA) is 71.9 Å². The molecule has 1 N–H and O–H groups in total. The largest absolute Gasteiger partial charge is 0.481 e. The molecule has 1 aliphatic rings. The molecule has 1 aliphatic heterocycles. The average molecular weight is 286 g/mol. The first-order chi connectivity index (χ1) is 9.20. The summed E-state index contributed by atoms with van der Waals surface area (Å²) in [7, 11) is 1.62. The molecule has 7 heteroatoms. The molecule has 0 unspecified atom stereocenters. The fourth-order valence-corrected chi connectivity index (χ4v) is 3.04. The van der Waals surface area contributed by atoms with Crippen LogP contribution in [-0.4, -0.2) is 49.5 Å². The number of aromatic nitrogens is 1. The molecule has 0 aliphatic carbocycles. The van der Waals surface area contributed by atoms with Gasteiger partial charge in [0.1, 0.15) is 0 Å². The number of rotatable bonds is 6. The van der Waals surface area contributed by atoms with Crippen molar-refractivity contribution in [1.29, 1.82) is 0 Å². The molecule has 1 saturated heterocycles. The van der Waals surface area contributed by atoms with E-state index in [4.69, 9.17) is 14.6 Å². The number of carboxylic acids is 1. The molecule has 106 valence electrons. The number of hydrogen-bond acceptors (Lipinski definition) is 6. The van der Waals surface area contributed by atoms with Gasteiger partial charge in [-0.05, 0) is 6.42 Å². The van der Waals surface area contributed by atoms with E-state index in [1.165, 1.54) is 0 Å². The van der Waals surface area contributed by atoms with Crippen LogP contribution in [0.25, 0.3) is 0 Å². The average Bonchev–Trinajstić information content (AvgIpc) is 2.81. The van der Waals surface area contributed by atoms with Crippen molar-refractivity contribution in [3.05, 3.63) is 10.6 Å². The molecule has 19 heavy (non-hydrogen) atoms. The Labute approximate surface area is 116 Å². The van der Waals surface area contributed by atoms with Gasteiger partial charge in [0.2, 0.25) is 0 Å². The summed E-state index contributed by atoms with van der Waals surface area (Å²) in [5, 5.41) is 9.72. The molecule has 2 heterocycles. The van der Waals surface area contributed by atoms with Crippen molar-refractivity contribution in [1.82, 2.24) is 4.98 Å². The highest BCUT2D eigenvalue weighted by Crippen LogP contribution is 2.28.